The Morgan fingerprint density at radius 1 is 1.46 bits per heavy atom. The van der Waals surface area contributed by atoms with Gasteiger partial charge in [0, 0.05) is 25.3 Å². The second-order valence-electron chi connectivity index (χ2n) is 5.22. The van der Waals surface area contributed by atoms with Crippen LogP contribution in [0.2, 0.25) is 5.15 Å². The van der Waals surface area contributed by atoms with Gasteiger partial charge in [0.2, 0.25) is 5.91 Å². The van der Waals surface area contributed by atoms with Crippen molar-refractivity contribution in [2.75, 3.05) is 20.3 Å². The topological polar surface area (TPSA) is 76.4 Å². The summed E-state index contributed by atoms with van der Waals surface area (Å²) in [7, 11) is 1.49. The summed E-state index contributed by atoms with van der Waals surface area (Å²) in [5, 5.41) is 16.9. The van der Waals surface area contributed by atoms with E-state index in [2.05, 4.69) is 10.4 Å². The van der Waals surface area contributed by atoms with Crippen LogP contribution in [0, 0.1) is 6.92 Å². The molecule has 1 aromatic carbocycles. The summed E-state index contributed by atoms with van der Waals surface area (Å²) in [4.78, 5) is 11.8. The Morgan fingerprint density at radius 2 is 2.17 bits per heavy atom. The number of aliphatic hydroxyl groups excluding tert-OH is 1. The van der Waals surface area contributed by atoms with Gasteiger partial charge in [-0.05, 0) is 25.1 Å². The van der Waals surface area contributed by atoms with Gasteiger partial charge in [-0.1, -0.05) is 29.8 Å². The maximum atomic E-state index is 11.8. The average Bonchev–Trinajstić information content (AvgIpc) is 2.86. The van der Waals surface area contributed by atoms with Crippen LogP contribution in [-0.2, 0) is 9.53 Å². The highest BCUT2D eigenvalue weighted by Gasteiger charge is 2.12. The Morgan fingerprint density at radius 3 is 2.83 bits per heavy atom. The first kappa shape index (κ1) is 18.2. The van der Waals surface area contributed by atoms with Crippen molar-refractivity contribution in [1.82, 2.24) is 15.1 Å². The lowest BCUT2D eigenvalue weighted by molar-refractivity contribution is -0.117. The van der Waals surface area contributed by atoms with E-state index in [1.165, 1.54) is 13.2 Å². The molecule has 0 radical (unpaired) electrons. The molecule has 24 heavy (non-hydrogen) atoms. The van der Waals surface area contributed by atoms with Gasteiger partial charge in [-0.2, -0.15) is 5.10 Å². The maximum Gasteiger partial charge on any atom is 0.244 e. The first-order valence-electron chi connectivity index (χ1n) is 7.46. The molecule has 1 unspecified atom stereocenters. The number of halogens is 1. The molecule has 6 nitrogen and oxygen atoms in total. The molecule has 0 bridgehead atoms. The molecular weight excluding hydrogens is 330 g/mol. The van der Waals surface area contributed by atoms with E-state index >= 15 is 0 Å². The Balaban J connectivity index is 2.07. The van der Waals surface area contributed by atoms with Crippen molar-refractivity contribution >= 4 is 23.6 Å². The second-order valence-corrected chi connectivity index (χ2v) is 5.58. The number of aromatic nitrogens is 2. The molecule has 2 N–H and O–H groups in total. The number of nitrogens with zero attached hydrogens (tertiary/aromatic N) is 2. The van der Waals surface area contributed by atoms with Crippen LogP contribution in [0.5, 0.6) is 0 Å². The molecule has 0 saturated heterocycles. The molecule has 0 aliphatic rings. The molecule has 2 aromatic rings. The molecule has 1 amide bonds. The summed E-state index contributed by atoms with van der Waals surface area (Å²) in [5.41, 5.74) is 2.23. The highest BCUT2D eigenvalue weighted by Crippen LogP contribution is 2.24. The van der Waals surface area contributed by atoms with Gasteiger partial charge in [0.1, 0.15) is 5.15 Å². The van der Waals surface area contributed by atoms with Crippen molar-refractivity contribution in [1.29, 1.82) is 0 Å². The van der Waals surface area contributed by atoms with Crippen LogP contribution >= 0.6 is 11.6 Å². The minimum absolute atomic E-state index is 0.118. The number of hydrogen-bond acceptors (Lipinski definition) is 4. The summed E-state index contributed by atoms with van der Waals surface area (Å²) in [5.74, 6) is -0.326. The molecule has 0 fully saturated rings. The Labute approximate surface area is 145 Å². The van der Waals surface area contributed by atoms with E-state index in [9.17, 15) is 9.90 Å². The van der Waals surface area contributed by atoms with E-state index in [0.29, 0.717) is 16.4 Å². The molecule has 0 aliphatic heterocycles. The molecule has 0 aliphatic carbocycles. The minimum atomic E-state index is -0.737. The Hall–Kier alpha value is -2.15. The largest absolute Gasteiger partial charge is 0.389 e. The third-order valence-corrected chi connectivity index (χ3v) is 3.68. The van der Waals surface area contributed by atoms with Crippen LogP contribution in [0.15, 0.2) is 36.4 Å². The fraction of sp³-hybridized carbons (Fsp3) is 0.294. The van der Waals surface area contributed by atoms with Crippen LogP contribution in [0.1, 0.15) is 11.3 Å². The van der Waals surface area contributed by atoms with Crippen LogP contribution in [0.3, 0.4) is 0 Å². The molecule has 7 heteroatoms. The number of aryl methyl sites for hydroxylation is 1. The highest BCUT2D eigenvalue weighted by atomic mass is 35.5. The summed E-state index contributed by atoms with van der Waals surface area (Å²) >= 11 is 6.38. The molecule has 0 saturated carbocycles. The molecule has 1 aromatic heterocycles. The van der Waals surface area contributed by atoms with Gasteiger partial charge in [0.05, 0.1) is 24.1 Å². The summed E-state index contributed by atoms with van der Waals surface area (Å²) in [6.07, 6.45) is 2.24. The summed E-state index contributed by atoms with van der Waals surface area (Å²) in [6.45, 7) is 2.11. The number of methoxy groups -OCH3 is 1. The van der Waals surface area contributed by atoms with Crippen molar-refractivity contribution in [3.63, 3.8) is 0 Å². The van der Waals surface area contributed by atoms with Crippen LogP contribution in [0.25, 0.3) is 11.8 Å². The lowest BCUT2D eigenvalue weighted by atomic mass is 10.2. The molecule has 128 valence electrons. The average molecular weight is 350 g/mol. The lowest BCUT2D eigenvalue weighted by Gasteiger charge is -2.08. The first-order valence-corrected chi connectivity index (χ1v) is 7.84. The van der Waals surface area contributed by atoms with Crippen molar-refractivity contribution in [3.05, 3.63) is 52.8 Å². The number of carbonyl (C=O) groups is 1. The van der Waals surface area contributed by atoms with E-state index in [1.54, 1.807) is 10.8 Å². The number of hydrogen-bond donors (Lipinski definition) is 2. The van der Waals surface area contributed by atoms with Crippen molar-refractivity contribution in [3.8, 4) is 5.69 Å². The molecule has 2 rings (SSSR count). The Kier molecular flexibility index (Phi) is 6.54. The number of amides is 1. The van der Waals surface area contributed by atoms with E-state index < -0.39 is 6.10 Å². The number of aliphatic hydroxyl groups is 1. The number of benzene rings is 1. The minimum Gasteiger partial charge on any atom is -0.389 e. The van der Waals surface area contributed by atoms with Crippen LogP contribution in [0.4, 0.5) is 0 Å². The predicted molar refractivity (Wildman–Crippen MR) is 93.2 cm³/mol. The van der Waals surface area contributed by atoms with E-state index in [0.717, 1.165) is 5.69 Å². The van der Waals surface area contributed by atoms with E-state index in [-0.39, 0.29) is 19.1 Å². The molecule has 1 atom stereocenters. The van der Waals surface area contributed by atoms with Crippen LogP contribution in [-0.4, -0.2) is 47.2 Å². The summed E-state index contributed by atoms with van der Waals surface area (Å²) < 4.78 is 6.42. The van der Waals surface area contributed by atoms with Gasteiger partial charge < -0.3 is 15.2 Å². The van der Waals surface area contributed by atoms with E-state index in [1.807, 2.05) is 37.3 Å². The van der Waals surface area contributed by atoms with Gasteiger partial charge in [0.15, 0.2) is 0 Å². The standard InChI is InChI=1S/C17H20ClN3O3/c1-12-15(8-9-16(23)19-10-14(22)11-24-2)17(18)21(20-12)13-6-4-3-5-7-13/h3-9,14,22H,10-11H2,1-2H3,(H,19,23)/b9-8+. The normalized spacial score (nSPS) is 12.5. The third-order valence-electron chi connectivity index (χ3n) is 3.32. The van der Waals surface area contributed by atoms with Crippen molar-refractivity contribution in [2.24, 2.45) is 0 Å². The summed E-state index contributed by atoms with van der Waals surface area (Å²) in [6, 6.07) is 9.51. The fourth-order valence-corrected chi connectivity index (χ4v) is 2.46. The zero-order valence-corrected chi connectivity index (χ0v) is 14.3. The SMILES string of the molecule is COCC(O)CNC(=O)/C=C/c1c(C)nn(-c2ccccc2)c1Cl. The third kappa shape index (κ3) is 4.67. The van der Waals surface area contributed by atoms with Crippen molar-refractivity contribution in [2.45, 2.75) is 13.0 Å². The number of ether oxygens (including phenoxy) is 1. The number of rotatable bonds is 7. The second kappa shape index (κ2) is 8.63. The smallest absolute Gasteiger partial charge is 0.244 e. The van der Waals surface area contributed by atoms with Gasteiger partial charge >= 0.3 is 0 Å². The number of nitrogens with one attached hydrogen (secondary N) is 1. The van der Waals surface area contributed by atoms with Gasteiger partial charge in [-0.3, -0.25) is 4.79 Å². The highest BCUT2D eigenvalue weighted by molar-refractivity contribution is 6.31. The first-order chi connectivity index (χ1) is 11.5. The van der Waals surface area contributed by atoms with Gasteiger partial charge in [-0.15, -0.1) is 0 Å². The molecular formula is C17H20ClN3O3. The molecule has 1 heterocycles. The zero-order chi connectivity index (χ0) is 17.5. The van der Waals surface area contributed by atoms with E-state index in [4.69, 9.17) is 16.3 Å². The monoisotopic (exact) mass is 349 g/mol. The predicted octanol–water partition coefficient (Wildman–Crippen LogP) is 1.97. The lowest BCUT2D eigenvalue weighted by Crippen LogP contribution is -2.33. The Bertz CT molecular complexity index is 713. The van der Waals surface area contributed by atoms with Crippen LogP contribution < -0.4 is 5.32 Å². The quantitative estimate of drug-likeness (QED) is 0.749. The van der Waals surface area contributed by atoms with Gasteiger partial charge in [-0.25, -0.2) is 4.68 Å². The van der Waals surface area contributed by atoms with Crippen molar-refractivity contribution < 1.29 is 14.6 Å². The zero-order valence-electron chi connectivity index (χ0n) is 13.6. The van der Waals surface area contributed by atoms with Gasteiger partial charge in [0.25, 0.3) is 0 Å². The maximum absolute atomic E-state index is 11.8. The number of para-hydroxylation sites is 1. The number of carbonyl (C=O) groups excluding carboxylic acids is 1. The fourth-order valence-electron chi connectivity index (χ4n) is 2.13. The molecule has 0 spiro atoms.